The van der Waals surface area contributed by atoms with Gasteiger partial charge in [-0.15, -0.1) is 0 Å². The summed E-state index contributed by atoms with van der Waals surface area (Å²) >= 11 is 1.26. The number of rotatable bonds is 9. The summed E-state index contributed by atoms with van der Waals surface area (Å²) in [5.41, 5.74) is 2.17. The fourth-order valence-electron chi connectivity index (χ4n) is 2.85. The van der Waals surface area contributed by atoms with E-state index in [1.54, 1.807) is 29.0 Å². The van der Waals surface area contributed by atoms with Crippen LogP contribution in [-0.2, 0) is 27.9 Å². The Bertz CT molecular complexity index is 939. The zero-order valence-corrected chi connectivity index (χ0v) is 17.9. The van der Waals surface area contributed by atoms with E-state index >= 15 is 0 Å². The van der Waals surface area contributed by atoms with E-state index in [0.29, 0.717) is 37.0 Å². The van der Waals surface area contributed by atoms with Crippen LogP contribution in [0.15, 0.2) is 53.4 Å². The van der Waals surface area contributed by atoms with Gasteiger partial charge in [-0.05, 0) is 18.1 Å². The fraction of sp³-hybridized carbons (Fsp3) is 0.333. The second kappa shape index (κ2) is 10.7. The number of aryl methyl sites for hydroxylation is 1. The Balaban J connectivity index is 1.63. The molecule has 1 aromatic carbocycles. The van der Waals surface area contributed by atoms with Crippen LogP contribution in [-0.4, -0.2) is 57.7 Å². The number of amides is 2. The van der Waals surface area contributed by atoms with Crippen molar-refractivity contribution in [2.24, 2.45) is 12.0 Å². The number of carbonyl (C=O) groups is 2. The van der Waals surface area contributed by atoms with E-state index in [1.165, 1.54) is 11.8 Å². The minimum Gasteiger partial charge on any atom is -0.385 e. The molecule has 9 heteroatoms. The van der Waals surface area contributed by atoms with Crippen LogP contribution in [0.4, 0.5) is 0 Å². The zero-order chi connectivity index (χ0) is 21.3. The van der Waals surface area contributed by atoms with E-state index in [0.717, 1.165) is 11.1 Å². The monoisotopic (exact) mass is 427 g/mol. The van der Waals surface area contributed by atoms with Crippen molar-refractivity contribution in [2.45, 2.75) is 13.0 Å². The molecule has 2 amide bonds. The van der Waals surface area contributed by atoms with Crippen molar-refractivity contribution >= 4 is 34.8 Å². The van der Waals surface area contributed by atoms with Crippen LogP contribution in [0.5, 0.6) is 0 Å². The van der Waals surface area contributed by atoms with Gasteiger partial charge in [-0.2, -0.15) is 5.10 Å². The first-order chi connectivity index (χ1) is 14.6. The molecule has 0 atom stereocenters. The molecule has 8 nitrogen and oxygen atoms in total. The molecule has 1 N–H and O–H groups in total. The van der Waals surface area contributed by atoms with Crippen molar-refractivity contribution in [3.63, 3.8) is 0 Å². The Labute approximate surface area is 180 Å². The molecule has 0 unspecified atom stereocenters. The molecule has 2 heterocycles. The summed E-state index contributed by atoms with van der Waals surface area (Å²) in [6.07, 6.45) is 5.88. The first-order valence-corrected chi connectivity index (χ1v) is 10.6. The van der Waals surface area contributed by atoms with Crippen molar-refractivity contribution in [3.8, 4) is 0 Å². The topological polar surface area (TPSA) is 88.8 Å². The summed E-state index contributed by atoms with van der Waals surface area (Å²) in [4.78, 5) is 31.2. The van der Waals surface area contributed by atoms with Crippen molar-refractivity contribution < 1.29 is 14.3 Å². The van der Waals surface area contributed by atoms with E-state index in [9.17, 15) is 9.59 Å². The Morgan fingerprint density at radius 2 is 2.10 bits per heavy atom. The number of nitrogens with one attached hydrogen (secondary N) is 1. The Morgan fingerprint density at radius 3 is 2.80 bits per heavy atom. The SMILES string of the molecule is COCCCN1C(=O)C(=Cc2cnn(C)c2)N=C1SCC(=O)NCc1ccccc1. The first kappa shape index (κ1) is 21.8. The van der Waals surface area contributed by atoms with Gasteiger partial charge >= 0.3 is 0 Å². The number of amidine groups is 1. The molecule has 1 aromatic heterocycles. The number of hydrogen-bond donors (Lipinski definition) is 1. The van der Waals surface area contributed by atoms with Gasteiger partial charge in [-0.25, -0.2) is 4.99 Å². The molecular formula is C21H25N5O3S. The molecule has 0 spiro atoms. The van der Waals surface area contributed by atoms with Gasteiger partial charge in [0.15, 0.2) is 5.17 Å². The molecule has 0 saturated carbocycles. The summed E-state index contributed by atoms with van der Waals surface area (Å²) in [6.45, 7) is 1.49. The number of methoxy groups -OCH3 is 1. The molecule has 0 bridgehead atoms. The third-order valence-corrected chi connectivity index (χ3v) is 5.31. The smallest absolute Gasteiger partial charge is 0.278 e. The van der Waals surface area contributed by atoms with Crippen LogP contribution in [0.2, 0.25) is 0 Å². The highest BCUT2D eigenvalue weighted by Gasteiger charge is 2.30. The van der Waals surface area contributed by atoms with E-state index in [2.05, 4.69) is 15.4 Å². The standard InChI is InChI=1S/C21H25N5O3S/c1-25-14-17(13-23-25)11-18-20(28)26(9-6-10-29-2)21(24-18)30-15-19(27)22-12-16-7-4-3-5-8-16/h3-5,7-8,11,13-14H,6,9-10,12,15H2,1-2H3,(H,22,27). The summed E-state index contributed by atoms with van der Waals surface area (Å²) in [6, 6.07) is 9.72. The minimum atomic E-state index is -0.179. The maximum atomic E-state index is 12.8. The van der Waals surface area contributed by atoms with Gasteiger partial charge in [0.1, 0.15) is 5.70 Å². The van der Waals surface area contributed by atoms with Gasteiger partial charge in [0, 0.05) is 45.6 Å². The Kier molecular flexibility index (Phi) is 7.81. The molecular weight excluding hydrogens is 402 g/mol. The predicted molar refractivity (Wildman–Crippen MR) is 118 cm³/mol. The van der Waals surface area contributed by atoms with Gasteiger partial charge in [0.05, 0.1) is 11.9 Å². The van der Waals surface area contributed by atoms with Gasteiger partial charge in [0.25, 0.3) is 5.91 Å². The van der Waals surface area contributed by atoms with E-state index in [4.69, 9.17) is 4.74 Å². The zero-order valence-electron chi connectivity index (χ0n) is 17.1. The molecule has 1 aliphatic rings. The third kappa shape index (κ3) is 6.04. The number of benzene rings is 1. The molecule has 0 radical (unpaired) electrons. The lowest BCUT2D eigenvalue weighted by molar-refractivity contribution is -0.122. The van der Waals surface area contributed by atoms with Crippen LogP contribution >= 0.6 is 11.8 Å². The summed E-state index contributed by atoms with van der Waals surface area (Å²) in [5, 5.41) is 7.53. The second-order valence-corrected chi connectivity index (χ2v) is 7.67. The highest BCUT2D eigenvalue weighted by atomic mass is 32.2. The van der Waals surface area contributed by atoms with Crippen molar-refractivity contribution in [3.05, 3.63) is 59.5 Å². The average Bonchev–Trinajstić information content (AvgIpc) is 3.29. The maximum absolute atomic E-state index is 12.8. The molecule has 0 fully saturated rings. The van der Waals surface area contributed by atoms with Crippen molar-refractivity contribution in [2.75, 3.05) is 26.0 Å². The van der Waals surface area contributed by atoms with Gasteiger partial charge in [0.2, 0.25) is 5.91 Å². The van der Waals surface area contributed by atoms with Crippen molar-refractivity contribution in [1.29, 1.82) is 0 Å². The van der Waals surface area contributed by atoms with Crippen molar-refractivity contribution in [1.82, 2.24) is 20.0 Å². The number of aromatic nitrogens is 2. The molecule has 30 heavy (non-hydrogen) atoms. The highest BCUT2D eigenvalue weighted by molar-refractivity contribution is 8.14. The van der Waals surface area contributed by atoms with Gasteiger partial charge in [-0.3, -0.25) is 19.2 Å². The van der Waals surface area contributed by atoms with E-state index in [1.807, 2.05) is 43.6 Å². The second-order valence-electron chi connectivity index (χ2n) is 6.73. The summed E-state index contributed by atoms with van der Waals surface area (Å²) in [5.74, 6) is -0.109. The summed E-state index contributed by atoms with van der Waals surface area (Å²) in [7, 11) is 3.44. The Hall–Kier alpha value is -2.91. The Morgan fingerprint density at radius 1 is 1.30 bits per heavy atom. The van der Waals surface area contributed by atoms with E-state index in [-0.39, 0.29) is 17.6 Å². The lowest BCUT2D eigenvalue weighted by Gasteiger charge is -2.17. The molecule has 0 saturated heterocycles. The molecule has 158 valence electrons. The molecule has 3 rings (SSSR count). The number of thioether (sulfide) groups is 1. The average molecular weight is 428 g/mol. The van der Waals surface area contributed by atoms with Crippen LogP contribution in [0.1, 0.15) is 17.5 Å². The predicted octanol–water partition coefficient (Wildman–Crippen LogP) is 2.05. The molecule has 1 aliphatic heterocycles. The van der Waals surface area contributed by atoms with E-state index < -0.39 is 0 Å². The first-order valence-electron chi connectivity index (χ1n) is 9.60. The molecule has 2 aromatic rings. The maximum Gasteiger partial charge on any atom is 0.278 e. The fourth-order valence-corrected chi connectivity index (χ4v) is 3.71. The summed E-state index contributed by atoms with van der Waals surface area (Å²) < 4.78 is 6.76. The van der Waals surface area contributed by atoms with Gasteiger partial charge in [-0.1, -0.05) is 42.1 Å². The lowest BCUT2D eigenvalue weighted by Crippen LogP contribution is -2.33. The number of ether oxygens (including phenoxy) is 1. The lowest BCUT2D eigenvalue weighted by atomic mass is 10.2. The normalized spacial score (nSPS) is 15.0. The highest BCUT2D eigenvalue weighted by Crippen LogP contribution is 2.24. The number of nitrogens with zero attached hydrogens (tertiary/aromatic N) is 4. The minimum absolute atomic E-state index is 0.111. The van der Waals surface area contributed by atoms with Crippen LogP contribution in [0.3, 0.4) is 0 Å². The van der Waals surface area contributed by atoms with Crippen LogP contribution in [0, 0.1) is 0 Å². The quantitative estimate of drug-likeness (QED) is 0.489. The van der Waals surface area contributed by atoms with Crippen LogP contribution < -0.4 is 5.32 Å². The van der Waals surface area contributed by atoms with Gasteiger partial charge < -0.3 is 10.1 Å². The number of aliphatic imine (C=N–C) groups is 1. The van der Waals surface area contributed by atoms with Crippen LogP contribution in [0.25, 0.3) is 6.08 Å². The largest absolute Gasteiger partial charge is 0.385 e. The molecule has 0 aliphatic carbocycles. The third-order valence-electron chi connectivity index (χ3n) is 4.33. The number of hydrogen-bond acceptors (Lipinski definition) is 6. The number of carbonyl (C=O) groups excluding carboxylic acids is 2.